The van der Waals surface area contributed by atoms with Crippen molar-refractivity contribution >= 4 is 11.9 Å². The van der Waals surface area contributed by atoms with Gasteiger partial charge in [-0.1, -0.05) is 30.3 Å². The van der Waals surface area contributed by atoms with Crippen LogP contribution in [0.4, 0.5) is 22.4 Å². The van der Waals surface area contributed by atoms with Crippen molar-refractivity contribution in [1.29, 1.82) is 0 Å². The summed E-state index contributed by atoms with van der Waals surface area (Å²) in [6.07, 6.45) is -3.13. The molecule has 2 unspecified atom stereocenters. The Bertz CT molecular complexity index is 963. The maximum atomic E-state index is 13.7. The second-order valence-corrected chi connectivity index (χ2v) is 8.09. The molecule has 2 aromatic carbocycles. The van der Waals surface area contributed by atoms with Crippen molar-refractivity contribution in [3.8, 4) is 0 Å². The highest BCUT2D eigenvalue weighted by atomic mass is 19.4. The lowest BCUT2D eigenvalue weighted by Gasteiger charge is -2.37. The van der Waals surface area contributed by atoms with Crippen molar-refractivity contribution in [3.63, 3.8) is 0 Å². The molecule has 2 heterocycles. The van der Waals surface area contributed by atoms with Gasteiger partial charge in [0.2, 0.25) is 0 Å². The lowest BCUT2D eigenvalue weighted by molar-refractivity contribution is -0.137. The molecule has 1 amide bonds. The van der Waals surface area contributed by atoms with Crippen molar-refractivity contribution in [1.82, 2.24) is 4.90 Å². The summed E-state index contributed by atoms with van der Waals surface area (Å²) in [4.78, 5) is 27.1. The number of benzene rings is 2. The molecule has 2 saturated heterocycles. The van der Waals surface area contributed by atoms with Gasteiger partial charge in [-0.3, -0.25) is 4.79 Å². The van der Waals surface area contributed by atoms with Gasteiger partial charge in [0.25, 0.3) is 0 Å². The predicted octanol–water partition coefficient (Wildman–Crippen LogP) is 5.61. The number of halogens is 4. The Kier molecular flexibility index (Phi) is 5.73. The number of fused-ring (bicyclic) bond motifs is 2. The van der Waals surface area contributed by atoms with E-state index in [1.165, 1.54) is 0 Å². The number of ether oxygens (including phenoxy) is 1. The van der Waals surface area contributed by atoms with E-state index in [4.69, 9.17) is 4.74 Å². The monoisotopic (exact) mass is 435 g/mol. The van der Waals surface area contributed by atoms with Gasteiger partial charge < -0.3 is 9.64 Å². The summed E-state index contributed by atoms with van der Waals surface area (Å²) in [5.74, 6) is -2.17. The van der Waals surface area contributed by atoms with Crippen LogP contribution in [0, 0.1) is 11.7 Å². The normalized spacial score (nSPS) is 23.0. The first kappa shape index (κ1) is 21.3. The minimum atomic E-state index is -4.73. The lowest BCUT2D eigenvalue weighted by Crippen LogP contribution is -2.48. The average molecular weight is 435 g/mol. The highest BCUT2D eigenvalue weighted by molar-refractivity contribution is 5.98. The van der Waals surface area contributed by atoms with E-state index < -0.39 is 35.4 Å². The lowest BCUT2D eigenvalue weighted by atomic mass is 9.84. The van der Waals surface area contributed by atoms with E-state index in [1.807, 2.05) is 30.3 Å². The first-order chi connectivity index (χ1) is 14.7. The third-order valence-electron chi connectivity index (χ3n) is 6.03. The van der Waals surface area contributed by atoms with E-state index in [0.717, 1.165) is 11.6 Å². The number of rotatable bonds is 4. The molecule has 0 aliphatic carbocycles. The predicted molar refractivity (Wildman–Crippen MR) is 104 cm³/mol. The number of hydrogen-bond acceptors (Lipinski definition) is 3. The Morgan fingerprint density at radius 2 is 1.65 bits per heavy atom. The van der Waals surface area contributed by atoms with E-state index in [0.29, 0.717) is 37.8 Å². The van der Waals surface area contributed by atoms with E-state index in [1.54, 1.807) is 4.90 Å². The summed E-state index contributed by atoms with van der Waals surface area (Å²) in [7, 11) is 0. The van der Waals surface area contributed by atoms with Crippen LogP contribution in [0.2, 0.25) is 0 Å². The van der Waals surface area contributed by atoms with Crippen LogP contribution >= 0.6 is 0 Å². The summed E-state index contributed by atoms with van der Waals surface area (Å²) < 4.78 is 58.1. The molecule has 2 aliphatic heterocycles. The second kappa shape index (κ2) is 8.32. The Labute approximate surface area is 176 Å². The zero-order valence-electron chi connectivity index (χ0n) is 16.6. The zero-order valence-corrected chi connectivity index (χ0v) is 16.6. The van der Waals surface area contributed by atoms with Gasteiger partial charge in [-0.15, -0.1) is 0 Å². The number of ketones is 1. The van der Waals surface area contributed by atoms with Gasteiger partial charge in [-0.25, -0.2) is 9.18 Å². The van der Waals surface area contributed by atoms with Gasteiger partial charge in [0.1, 0.15) is 12.4 Å². The number of Topliss-reactive ketones (excluding diaryl/α,β-unsaturated/α-hetero) is 1. The fourth-order valence-electron chi connectivity index (χ4n) is 4.61. The minimum absolute atomic E-state index is 0.140. The molecule has 0 radical (unpaired) electrons. The minimum Gasteiger partial charge on any atom is -0.445 e. The van der Waals surface area contributed by atoms with Crippen LogP contribution in [0.3, 0.4) is 0 Å². The van der Waals surface area contributed by atoms with Gasteiger partial charge in [0.05, 0.1) is 5.56 Å². The summed E-state index contributed by atoms with van der Waals surface area (Å²) in [6, 6.07) is 10.8. The molecule has 0 aromatic heterocycles. The third-order valence-corrected chi connectivity index (χ3v) is 6.03. The quantitative estimate of drug-likeness (QED) is 0.464. The topological polar surface area (TPSA) is 46.6 Å². The molecule has 0 spiro atoms. The third kappa shape index (κ3) is 4.57. The van der Waals surface area contributed by atoms with Crippen LogP contribution in [0.15, 0.2) is 48.5 Å². The number of carbonyl (C=O) groups excluding carboxylic acids is 2. The molecule has 0 saturated carbocycles. The summed E-state index contributed by atoms with van der Waals surface area (Å²) in [5.41, 5.74) is -0.600. The van der Waals surface area contributed by atoms with E-state index in [-0.39, 0.29) is 24.3 Å². The van der Waals surface area contributed by atoms with E-state index in [2.05, 4.69) is 0 Å². The molecule has 2 aliphatic rings. The van der Waals surface area contributed by atoms with Crippen molar-refractivity contribution < 1.29 is 31.9 Å². The zero-order chi connectivity index (χ0) is 22.2. The maximum Gasteiger partial charge on any atom is 0.416 e. The molecule has 8 heteroatoms. The van der Waals surface area contributed by atoms with Gasteiger partial charge in [-0.2, -0.15) is 13.2 Å². The number of alkyl halides is 3. The molecular formula is C23H21F4NO3. The van der Waals surface area contributed by atoms with Crippen LogP contribution in [-0.2, 0) is 17.5 Å². The summed E-state index contributed by atoms with van der Waals surface area (Å²) in [6.45, 7) is 0.140. The molecular weight excluding hydrogens is 414 g/mol. The Morgan fingerprint density at radius 3 is 2.26 bits per heavy atom. The van der Waals surface area contributed by atoms with Gasteiger partial charge in [0, 0.05) is 23.6 Å². The fourth-order valence-corrected chi connectivity index (χ4v) is 4.61. The van der Waals surface area contributed by atoms with Crippen LogP contribution in [0.25, 0.3) is 0 Å². The fraction of sp³-hybridized carbons (Fsp3) is 0.391. The van der Waals surface area contributed by atoms with Crippen molar-refractivity contribution in [2.45, 2.75) is 50.6 Å². The first-order valence-electron chi connectivity index (χ1n) is 10.1. The van der Waals surface area contributed by atoms with Crippen molar-refractivity contribution in [3.05, 3.63) is 71.0 Å². The Balaban J connectivity index is 1.44. The number of piperidine rings is 1. The van der Waals surface area contributed by atoms with Gasteiger partial charge in [-0.05, 0) is 49.4 Å². The maximum absolute atomic E-state index is 13.7. The molecule has 4 nitrogen and oxygen atoms in total. The van der Waals surface area contributed by atoms with Crippen LogP contribution in [0.1, 0.15) is 47.2 Å². The molecule has 31 heavy (non-hydrogen) atoms. The molecule has 4 rings (SSSR count). The van der Waals surface area contributed by atoms with Gasteiger partial charge in [0.15, 0.2) is 5.78 Å². The van der Waals surface area contributed by atoms with Crippen LogP contribution < -0.4 is 0 Å². The number of carbonyl (C=O) groups is 2. The number of hydrogen-bond donors (Lipinski definition) is 0. The molecule has 164 valence electrons. The molecule has 0 N–H and O–H groups in total. The Hall–Kier alpha value is -2.90. The number of nitrogens with zero attached hydrogens (tertiary/aromatic N) is 1. The van der Waals surface area contributed by atoms with Crippen molar-refractivity contribution in [2.24, 2.45) is 5.92 Å². The van der Waals surface area contributed by atoms with E-state index in [9.17, 15) is 27.2 Å². The highest BCUT2D eigenvalue weighted by Crippen LogP contribution is 2.41. The Morgan fingerprint density at radius 1 is 1.00 bits per heavy atom. The smallest absolute Gasteiger partial charge is 0.416 e. The molecule has 2 fully saturated rings. The van der Waals surface area contributed by atoms with Crippen LogP contribution in [-0.4, -0.2) is 28.9 Å². The second-order valence-electron chi connectivity index (χ2n) is 8.09. The standard InChI is InChI=1S/C23H21F4NO3/c24-18-9-15(8-17(12-18)23(25,26)27)21(29)16-10-19-6-7-20(11-16)28(19)22(30)31-13-14-4-2-1-3-5-14/h1-5,8-9,12,16,19-20H,6-7,10-11,13H2. The van der Waals surface area contributed by atoms with Gasteiger partial charge >= 0.3 is 12.3 Å². The largest absolute Gasteiger partial charge is 0.445 e. The molecule has 2 atom stereocenters. The molecule has 2 aromatic rings. The van der Waals surface area contributed by atoms with E-state index >= 15 is 0 Å². The first-order valence-corrected chi connectivity index (χ1v) is 10.1. The SMILES string of the molecule is O=C(c1cc(F)cc(C(F)(F)F)c1)C1CC2CCC(C1)N2C(=O)OCc1ccccc1. The summed E-state index contributed by atoms with van der Waals surface area (Å²) >= 11 is 0. The highest BCUT2D eigenvalue weighted by Gasteiger charge is 2.46. The van der Waals surface area contributed by atoms with Crippen LogP contribution in [0.5, 0.6) is 0 Å². The average Bonchev–Trinajstić information content (AvgIpc) is 3.00. The van der Waals surface area contributed by atoms with Crippen molar-refractivity contribution in [2.75, 3.05) is 0 Å². The molecule has 2 bridgehead atoms. The summed E-state index contributed by atoms with van der Waals surface area (Å²) in [5, 5.41) is 0. The number of amides is 1.